The molecule has 34 heavy (non-hydrogen) atoms. The molecule has 1 amide bonds. The Balaban J connectivity index is 0.00000199. The van der Waals surface area contributed by atoms with Crippen molar-refractivity contribution >= 4 is 57.9 Å². The molecule has 1 aliphatic rings. The zero-order valence-electron chi connectivity index (χ0n) is 21.1. The number of ether oxygens (including phenoxy) is 2. The van der Waals surface area contributed by atoms with Gasteiger partial charge >= 0.3 is 6.09 Å². The first-order chi connectivity index (χ1) is 16.0. The van der Waals surface area contributed by atoms with Gasteiger partial charge in [0.2, 0.25) is 5.88 Å². The van der Waals surface area contributed by atoms with Crippen LogP contribution in [0.15, 0.2) is 5.16 Å². The van der Waals surface area contributed by atoms with E-state index in [9.17, 15) is 9.18 Å². The molecule has 0 radical (unpaired) electrons. The fraction of sp³-hybridized carbons (Fsp3) is 0.636. The minimum absolute atomic E-state index is 0.0637. The van der Waals surface area contributed by atoms with Crippen LogP contribution in [0.5, 0.6) is 5.88 Å². The number of halogens is 2. The Bertz CT molecular complexity index is 1020. The lowest BCUT2D eigenvalue weighted by molar-refractivity contribution is 0.0302. The van der Waals surface area contributed by atoms with Crippen molar-refractivity contribution in [3.8, 4) is 5.88 Å². The van der Waals surface area contributed by atoms with Crippen LogP contribution in [-0.2, 0) is 4.74 Å². The second kappa shape index (κ2) is 11.8. The molecular formula is C22H33ClFN5O3S2. The third-order valence-electron chi connectivity index (χ3n) is 4.76. The summed E-state index contributed by atoms with van der Waals surface area (Å²) in [6.45, 7) is 12.1. The normalized spacial score (nSPS) is 17.4. The summed E-state index contributed by atoms with van der Waals surface area (Å²) in [5.74, 6) is -0.0173. The van der Waals surface area contributed by atoms with Crippen LogP contribution >= 0.6 is 35.1 Å². The lowest BCUT2D eigenvalue weighted by atomic mass is 10.2. The summed E-state index contributed by atoms with van der Waals surface area (Å²) in [5.41, 5.74) is -0.528. The Morgan fingerprint density at radius 1 is 1.26 bits per heavy atom. The number of rotatable bonds is 5. The molecule has 0 aromatic carbocycles. The van der Waals surface area contributed by atoms with E-state index >= 15 is 0 Å². The molecule has 1 aliphatic heterocycles. The van der Waals surface area contributed by atoms with E-state index in [4.69, 9.17) is 21.1 Å². The summed E-state index contributed by atoms with van der Waals surface area (Å²) < 4.78 is 26.4. The van der Waals surface area contributed by atoms with E-state index in [0.29, 0.717) is 29.5 Å². The van der Waals surface area contributed by atoms with Crippen LogP contribution in [-0.4, -0.2) is 75.7 Å². The summed E-state index contributed by atoms with van der Waals surface area (Å²) in [5, 5.41) is 0.300. The maximum Gasteiger partial charge on any atom is 0.410 e. The molecule has 8 nitrogen and oxygen atoms in total. The number of pyridine rings is 1. The molecule has 0 bridgehead atoms. The van der Waals surface area contributed by atoms with Gasteiger partial charge in [-0.3, -0.25) is 0 Å². The summed E-state index contributed by atoms with van der Waals surface area (Å²) in [4.78, 5) is 29.1. The number of aromatic nitrogens is 3. The Morgan fingerprint density at radius 3 is 2.47 bits per heavy atom. The van der Waals surface area contributed by atoms with Crippen molar-refractivity contribution in [3.63, 3.8) is 0 Å². The Hall–Kier alpha value is -1.72. The average Bonchev–Trinajstić information content (AvgIpc) is 2.89. The Labute approximate surface area is 214 Å². The maximum absolute atomic E-state index is 14.9. The van der Waals surface area contributed by atoms with Gasteiger partial charge in [-0.15, -0.1) is 11.8 Å². The lowest BCUT2D eigenvalue weighted by Gasteiger charge is -2.34. The maximum atomic E-state index is 14.9. The molecule has 12 heteroatoms. The van der Waals surface area contributed by atoms with Crippen molar-refractivity contribution in [3.05, 3.63) is 11.0 Å². The van der Waals surface area contributed by atoms with Crippen LogP contribution in [0.4, 0.5) is 15.0 Å². The number of likely N-dealkylation sites (N-methyl/N-ethyl adjacent to an activating group) is 1. The van der Waals surface area contributed by atoms with Crippen molar-refractivity contribution in [2.24, 2.45) is 0 Å². The smallest absolute Gasteiger partial charge is 0.410 e. The number of amides is 1. The fourth-order valence-corrected chi connectivity index (χ4v) is 4.74. The van der Waals surface area contributed by atoms with Gasteiger partial charge < -0.3 is 19.3 Å². The Morgan fingerprint density at radius 2 is 1.91 bits per heavy atom. The highest BCUT2D eigenvalue weighted by Crippen LogP contribution is 2.41. The molecule has 190 valence electrons. The largest absolute Gasteiger partial charge is 0.471 e. The zero-order chi connectivity index (χ0) is 25.8. The molecule has 2 aromatic heterocycles. The van der Waals surface area contributed by atoms with Crippen molar-refractivity contribution in [1.82, 2.24) is 19.9 Å². The molecule has 0 N–H and O–H groups in total. The molecular weight excluding hydrogens is 501 g/mol. The van der Waals surface area contributed by atoms with Gasteiger partial charge in [-0.2, -0.15) is 4.98 Å². The molecule has 2 unspecified atom stereocenters. The molecule has 0 spiro atoms. The van der Waals surface area contributed by atoms with Crippen molar-refractivity contribution in [1.29, 1.82) is 0 Å². The number of thioether (sulfide) groups is 2. The van der Waals surface area contributed by atoms with E-state index in [1.165, 1.54) is 16.7 Å². The molecule has 0 saturated carbocycles. The van der Waals surface area contributed by atoms with E-state index in [2.05, 4.69) is 15.0 Å². The summed E-state index contributed by atoms with van der Waals surface area (Å²) in [6.07, 6.45) is 3.04. The summed E-state index contributed by atoms with van der Waals surface area (Å²) >= 11 is 8.90. The van der Waals surface area contributed by atoms with Crippen molar-refractivity contribution < 1.29 is 18.7 Å². The SMILES string of the molecule is CC.CSc1nc2c3c(nc(Cl)c(F)c3n1)OC(C)C(SC)N2CCN(C)C(=O)OC(C)(C)C. The second-order valence-corrected chi connectivity index (χ2v) is 10.4. The van der Waals surface area contributed by atoms with Gasteiger partial charge in [-0.1, -0.05) is 37.2 Å². The van der Waals surface area contributed by atoms with Gasteiger partial charge in [0, 0.05) is 20.1 Å². The van der Waals surface area contributed by atoms with E-state index in [0.717, 1.165) is 0 Å². The van der Waals surface area contributed by atoms with E-state index in [1.54, 1.807) is 18.8 Å². The predicted molar refractivity (Wildman–Crippen MR) is 139 cm³/mol. The minimum Gasteiger partial charge on any atom is -0.471 e. The third kappa shape index (κ3) is 6.28. The van der Waals surface area contributed by atoms with Gasteiger partial charge in [0.25, 0.3) is 0 Å². The van der Waals surface area contributed by atoms with E-state index < -0.39 is 17.5 Å². The zero-order valence-corrected chi connectivity index (χ0v) is 23.5. The van der Waals surface area contributed by atoms with Crippen LogP contribution < -0.4 is 9.64 Å². The average molecular weight is 534 g/mol. The second-order valence-electron chi connectivity index (χ2n) is 8.32. The van der Waals surface area contributed by atoms with Gasteiger partial charge in [0.05, 0.1) is 0 Å². The number of carbonyl (C=O) groups is 1. The molecule has 2 aromatic rings. The molecule has 0 fully saturated rings. The van der Waals surface area contributed by atoms with Crippen LogP contribution in [0.25, 0.3) is 10.9 Å². The van der Waals surface area contributed by atoms with Gasteiger partial charge in [-0.05, 0) is 40.2 Å². The topological polar surface area (TPSA) is 80.7 Å². The molecule has 0 saturated heterocycles. The number of nitrogens with zero attached hydrogens (tertiary/aromatic N) is 5. The van der Waals surface area contributed by atoms with Crippen molar-refractivity contribution in [2.75, 3.05) is 37.5 Å². The van der Waals surface area contributed by atoms with Gasteiger partial charge in [-0.25, -0.2) is 19.2 Å². The number of hydrogen-bond donors (Lipinski definition) is 0. The molecule has 2 atom stereocenters. The first-order valence-corrected chi connectivity index (χ1v) is 13.9. The van der Waals surface area contributed by atoms with E-state index in [1.807, 2.05) is 59.0 Å². The highest BCUT2D eigenvalue weighted by atomic mass is 35.5. The molecule has 3 rings (SSSR count). The van der Waals surface area contributed by atoms with Crippen LogP contribution in [0.2, 0.25) is 5.15 Å². The monoisotopic (exact) mass is 533 g/mol. The highest BCUT2D eigenvalue weighted by molar-refractivity contribution is 7.99. The van der Waals surface area contributed by atoms with Gasteiger partial charge in [0.1, 0.15) is 33.8 Å². The lowest BCUT2D eigenvalue weighted by Crippen LogP contribution is -2.46. The number of carbonyl (C=O) groups excluding carboxylic acids is 1. The molecule has 0 aliphatic carbocycles. The fourth-order valence-electron chi connectivity index (χ4n) is 3.31. The van der Waals surface area contributed by atoms with E-state index in [-0.39, 0.29) is 28.0 Å². The summed E-state index contributed by atoms with van der Waals surface area (Å²) in [6, 6.07) is 0. The van der Waals surface area contributed by atoms with Gasteiger partial charge in [0.15, 0.2) is 16.1 Å². The number of anilines is 1. The number of hydrogen-bond acceptors (Lipinski definition) is 9. The van der Waals surface area contributed by atoms with Crippen LogP contribution in [0.1, 0.15) is 41.5 Å². The third-order valence-corrected chi connectivity index (χ3v) is 6.67. The first kappa shape index (κ1) is 28.5. The quantitative estimate of drug-likeness (QED) is 0.272. The van der Waals surface area contributed by atoms with Crippen LogP contribution in [0.3, 0.4) is 0 Å². The highest BCUT2D eigenvalue weighted by Gasteiger charge is 2.35. The van der Waals surface area contributed by atoms with Crippen LogP contribution in [0, 0.1) is 5.82 Å². The minimum atomic E-state index is -0.714. The summed E-state index contributed by atoms with van der Waals surface area (Å²) in [7, 11) is 1.68. The van der Waals surface area contributed by atoms with Crippen molar-refractivity contribution in [2.45, 2.75) is 63.8 Å². The Kier molecular flexibility index (Phi) is 9.91. The standard InChI is InChI=1S/C20H27ClFN5O3S2.C2H6/c1-10-17(31-6)27(9-8-26(5)19(28)30-20(2,3)4)15-11-13(23-18(25-15)32-7)12(22)14(21)24-16(11)29-10;1-2/h10,17H,8-9H2,1-7H3;1-2H3. The molecule has 3 heterocycles. The first-order valence-electron chi connectivity index (χ1n) is 11.0. The predicted octanol–water partition coefficient (Wildman–Crippen LogP) is 5.71.